The number of para-hydroxylation sites is 1. The zero-order valence-electron chi connectivity index (χ0n) is 15.9. The highest BCUT2D eigenvalue weighted by Gasteiger charge is 2.19. The van der Waals surface area contributed by atoms with Crippen LogP contribution >= 0.6 is 27.5 Å². The second kappa shape index (κ2) is 9.24. The normalized spacial score (nSPS) is 10.6. The molecule has 0 saturated heterocycles. The van der Waals surface area contributed by atoms with E-state index in [2.05, 4.69) is 21.0 Å². The average Bonchev–Trinajstić information content (AvgIpc) is 2.70. The number of hydrogen-bond acceptors (Lipinski definition) is 4. The number of hydrogen-bond donors (Lipinski definition) is 0. The van der Waals surface area contributed by atoms with Crippen molar-refractivity contribution in [1.29, 1.82) is 0 Å². The van der Waals surface area contributed by atoms with E-state index >= 15 is 0 Å². The summed E-state index contributed by atoms with van der Waals surface area (Å²) in [4.78, 5) is 26.6. The lowest BCUT2D eigenvalue weighted by molar-refractivity contribution is 0.0764. The van der Waals surface area contributed by atoms with Crippen molar-refractivity contribution in [1.82, 2.24) is 14.7 Å². The fourth-order valence-corrected chi connectivity index (χ4v) is 3.16. The summed E-state index contributed by atoms with van der Waals surface area (Å²) >= 11 is 9.61. The summed E-state index contributed by atoms with van der Waals surface area (Å²) in [5.74, 6) is 0.221. The van der Waals surface area contributed by atoms with Crippen LogP contribution in [-0.4, -0.2) is 40.8 Å². The molecule has 150 valence electrons. The zero-order chi connectivity index (χ0) is 21.0. The van der Waals surface area contributed by atoms with Crippen LogP contribution < -0.4 is 10.2 Å². The van der Waals surface area contributed by atoms with Crippen LogP contribution in [0.5, 0.6) is 5.75 Å². The largest absolute Gasteiger partial charge is 0.492 e. The van der Waals surface area contributed by atoms with E-state index < -0.39 is 11.3 Å². The number of amides is 1. The molecule has 0 radical (unpaired) electrons. The fourth-order valence-electron chi connectivity index (χ4n) is 2.68. The van der Waals surface area contributed by atoms with Gasteiger partial charge in [0.2, 0.25) is 5.43 Å². The molecule has 1 aromatic heterocycles. The topological polar surface area (TPSA) is 64.4 Å². The lowest BCUT2D eigenvalue weighted by Crippen LogP contribution is -2.36. The van der Waals surface area contributed by atoms with Gasteiger partial charge in [-0.1, -0.05) is 39.7 Å². The van der Waals surface area contributed by atoms with Crippen molar-refractivity contribution in [2.45, 2.75) is 6.92 Å². The lowest BCUT2D eigenvalue weighted by atomic mass is 10.2. The molecule has 0 N–H and O–H groups in total. The third-order valence-corrected chi connectivity index (χ3v) is 5.09. The molecule has 29 heavy (non-hydrogen) atoms. The fraction of sp³-hybridized carbons (Fsp3) is 0.190. The number of benzene rings is 2. The molecule has 1 amide bonds. The van der Waals surface area contributed by atoms with Crippen LogP contribution in [-0.2, 0) is 0 Å². The molecule has 6 nitrogen and oxygen atoms in total. The molecule has 3 aromatic rings. The Labute approximate surface area is 181 Å². The van der Waals surface area contributed by atoms with Gasteiger partial charge in [-0.3, -0.25) is 9.59 Å². The Hall–Kier alpha value is -2.64. The Morgan fingerprint density at radius 1 is 1.21 bits per heavy atom. The van der Waals surface area contributed by atoms with Crippen LogP contribution in [0.15, 0.2) is 63.9 Å². The van der Waals surface area contributed by atoms with E-state index in [9.17, 15) is 9.59 Å². The molecular weight excluding hydrogens is 458 g/mol. The molecule has 0 unspecified atom stereocenters. The number of likely N-dealkylation sites (N-methyl/N-ethyl adjacent to an activating group) is 1. The third-order valence-electron chi connectivity index (χ3n) is 4.25. The molecule has 1 heterocycles. The van der Waals surface area contributed by atoms with E-state index in [0.717, 1.165) is 4.47 Å². The van der Waals surface area contributed by atoms with Crippen LogP contribution in [0.2, 0.25) is 5.02 Å². The molecule has 0 aliphatic carbocycles. The molecule has 0 spiro atoms. The van der Waals surface area contributed by atoms with Gasteiger partial charge in [0.05, 0.1) is 17.3 Å². The first-order valence-corrected chi connectivity index (χ1v) is 10.0. The number of aryl methyl sites for hydroxylation is 1. The van der Waals surface area contributed by atoms with Gasteiger partial charge in [0.1, 0.15) is 12.4 Å². The predicted octanol–water partition coefficient (Wildman–Crippen LogP) is 4.11. The van der Waals surface area contributed by atoms with Gasteiger partial charge in [0, 0.05) is 23.3 Å². The molecule has 0 bridgehead atoms. The Kier molecular flexibility index (Phi) is 6.71. The monoisotopic (exact) mass is 475 g/mol. The average molecular weight is 477 g/mol. The molecule has 8 heteroatoms. The molecule has 2 aromatic carbocycles. The minimum Gasteiger partial charge on any atom is -0.492 e. The highest BCUT2D eigenvalue weighted by Crippen LogP contribution is 2.20. The van der Waals surface area contributed by atoms with E-state index in [4.69, 9.17) is 16.3 Å². The summed E-state index contributed by atoms with van der Waals surface area (Å²) in [6.07, 6.45) is 0. The first-order chi connectivity index (χ1) is 13.9. The SMILES string of the molecule is Cc1cc(=O)c(C(=O)N(C)CCOc2ccc(Br)cc2)nn1-c1ccccc1Cl. The van der Waals surface area contributed by atoms with Gasteiger partial charge in [-0.2, -0.15) is 5.10 Å². The van der Waals surface area contributed by atoms with Gasteiger partial charge in [-0.15, -0.1) is 0 Å². The number of ether oxygens (including phenoxy) is 1. The first kappa shape index (κ1) is 21.1. The highest BCUT2D eigenvalue weighted by atomic mass is 79.9. The maximum absolute atomic E-state index is 12.8. The highest BCUT2D eigenvalue weighted by molar-refractivity contribution is 9.10. The molecular formula is C21H19BrClN3O3. The number of carbonyl (C=O) groups excluding carboxylic acids is 1. The van der Waals surface area contributed by atoms with Crippen molar-refractivity contribution in [3.8, 4) is 11.4 Å². The van der Waals surface area contributed by atoms with Gasteiger partial charge in [-0.25, -0.2) is 4.68 Å². The van der Waals surface area contributed by atoms with Gasteiger partial charge in [-0.05, 0) is 43.3 Å². The second-order valence-electron chi connectivity index (χ2n) is 6.39. The van der Waals surface area contributed by atoms with Crippen molar-refractivity contribution in [2.75, 3.05) is 20.2 Å². The zero-order valence-corrected chi connectivity index (χ0v) is 18.3. The third kappa shape index (κ3) is 5.05. The summed E-state index contributed by atoms with van der Waals surface area (Å²) < 4.78 is 8.10. The van der Waals surface area contributed by atoms with Crippen LogP contribution in [0.3, 0.4) is 0 Å². The number of aromatic nitrogens is 2. The summed E-state index contributed by atoms with van der Waals surface area (Å²) in [5, 5.41) is 4.76. The van der Waals surface area contributed by atoms with E-state index in [1.54, 1.807) is 32.2 Å². The van der Waals surface area contributed by atoms with Crippen LogP contribution in [0.4, 0.5) is 0 Å². The predicted molar refractivity (Wildman–Crippen MR) is 116 cm³/mol. The van der Waals surface area contributed by atoms with Crippen LogP contribution in [0.25, 0.3) is 5.69 Å². The molecule has 0 fully saturated rings. The van der Waals surface area contributed by atoms with E-state index in [1.165, 1.54) is 15.6 Å². The van der Waals surface area contributed by atoms with Crippen LogP contribution in [0.1, 0.15) is 16.2 Å². The minimum atomic E-state index is -0.477. The maximum atomic E-state index is 12.8. The lowest BCUT2D eigenvalue weighted by Gasteiger charge is -2.18. The Balaban J connectivity index is 1.76. The number of rotatable bonds is 6. The summed E-state index contributed by atoms with van der Waals surface area (Å²) in [6.45, 7) is 2.33. The Morgan fingerprint density at radius 2 is 1.90 bits per heavy atom. The minimum absolute atomic E-state index is 0.165. The van der Waals surface area contributed by atoms with Crippen molar-refractivity contribution in [2.24, 2.45) is 0 Å². The molecule has 0 saturated carbocycles. The van der Waals surface area contributed by atoms with Crippen molar-refractivity contribution >= 4 is 33.4 Å². The molecule has 0 aliphatic heterocycles. The van der Waals surface area contributed by atoms with Crippen molar-refractivity contribution < 1.29 is 9.53 Å². The van der Waals surface area contributed by atoms with Crippen molar-refractivity contribution in [3.63, 3.8) is 0 Å². The van der Waals surface area contributed by atoms with Crippen molar-refractivity contribution in [3.05, 3.63) is 85.7 Å². The van der Waals surface area contributed by atoms with E-state index in [1.807, 2.05) is 30.3 Å². The second-order valence-corrected chi connectivity index (χ2v) is 7.71. The summed E-state index contributed by atoms with van der Waals surface area (Å²) in [6, 6.07) is 15.9. The van der Waals surface area contributed by atoms with Gasteiger partial charge in [0.25, 0.3) is 5.91 Å². The summed E-state index contributed by atoms with van der Waals surface area (Å²) in [5.41, 5.74) is 0.584. The Bertz CT molecular complexity index is 1080. The maximum Gasteiger partial charge on any atom is 0.278 e. The number of nitrogens with zero attached hydrogens (tertiary/aromatic N) is 3. The molecule has 3 rings (SSSR count). The first-order valence-electron chi connectivity index (χ1n) is 8.86. The number of carbonyl (C=O) groups is 1. The van der Waals surface area contributed by atoms with Gasteiger partial charge in [0.15, 0.2) is 5.69 Å². The standard InChI is InChI=1S/C21H19BrClN3O3/c1-14-13-19(27)20(24-26(14)18-6-4-3-5-17(18)23)21(28)25(2)11-12-29-16-9-7-15(22)8-10-16/h3-10,13H,11-12H2,1-2H3. The molecule has 0 aliphatic rings. The summed E-state index contributed by atoms with van der Waals surface area (Å²) in [7, 11) is 1.61. The van der Waals surface area contributed by atoms with Gasteiger partial charge >= 0.3 is 0 Å². The van der Waals surface area contributed by atoms with E-state index in [-0.39, 0.29) is 12.3 Å². The molecule has 0 atom stereocenters. The van der Waals surface area contributed by atoms with E-state index in [0.29, 0.717) is 28.7 Å². The van der Waals surface area contributed by atoms with Gasteiger partial charge < -0.3 is 9.64 Å². The number of halogens is 2. The van der Waals surface area contributed by atoms with Crippen LogP contribution in [0, 0.1) is 6.92 Å². The quantitative estimate of drug-likeness (QED) is 0.537. The smallest absolute Gasteiger partial charge is 0.278 e. The Morgan fingerprint density at radius 3 is 2.59 bits per heavy atom.